The lowest BCUT2D eigenvalue weighted by Gasteiger charge is -2.34. The molecule has 0 unspecified atom stereocenters. The molecule has 0 saturated heterocycles. The molecule has 28 heavy (non-hydrogen) atoms. The number of nitrogens with zero attached hydrogens (tertiary/aromatic N) is 1. The Balaban J connectivity index is 1.65. The molecule has 0 spiro atoms. The average Bonchev–Trinajstić information content (AvgIpc) is 3.20. The van der Waals surface area contributed by atoms with Crippen LogP contribution in [0.4, 0.5) is 0 Å². The molecule has 0 amide bonds. The fourth-order valence-electron chi connectivity index (χ4n) is 3.79. The van der Waals surface area contributed by atoms with E-state index in [-0.39, 0.29) is 11.2 Å². The van der Waals surface area contributed by atoms with Gasteiger partial charge in [-0.05, 0) is 44.4 Å². The number of hydrogen-bond donors (Lipinski definition) is 0. The van der Waals surface area contributed by atoms with E-state index in [1.807, 2.05) is 0 Å². The Labute approximate surface area is 169 Å². The van der Waals surface area contributed by atoms with Crippen molar-refractivity contribution >= 4 is 24.4 Å². The van der Waals surface area contributed by atoms with Gasteiger partial charge in [-0.3, -0.25) is 0 Å². The maximum Gasteiger partial charge on any atom is 0.194 e. The van der Waals surface area contributed by atoms with E-state index in [4.69, 9.17) is 9.73 Å². The second kappa shape index (κ2) is 8.29. The average molecular weight is 387 g/mol. The number of aliphatic imine (C=N–C) groups is 1. The van der Waals surface area contributed by atoms with Crippen LogP contribution in [0.3, 0.4) is 0 Å². The van der Waals surface area contributed by atoms with Gasteiger partial charge in [0, 0.05) is 0 Å². The Morgan fingerprint density at radius 2 is 1.32 bits per heavy atom. The summed E-state index contributed by atoms with van der Waals surface area (Å²) in [5.74, 6) is 0.896. The first-order chi connectivity index (χ1) is 13.6. The van der Waals surface area contributed by atoms with Crippen molar-refractivity contribution in [1.29, 1.82) is 0 Å². The molecular formula is C25H26NOP. The van der Waals surface area contributed by atoms with Crippen molar-refractivity contribution in [2.45, 2.75) is 31.5 Å². The van der Waals surface area contributed by atoms with E-state index in [2.05, 4.69) is 105 Å². The van der Waals surface area contributed by atoms with E-state index in [1.54, 1.807) is 0 Å². The van der Waals surface area contributed by atoms with Crippen molar-refractivity contribution in [2.75, 3.05) is 6.61 Å². The molecule has 0 aromatic heterocycles. The zero-order valence-electron chi connectivity index (χ0n) is 16.5. The van der Waals surface area contributed by atoms with Crippen LogP contribution in [0.15, 0.2) is 96.0 Å². The Kier molecular flexibility index (Phi) is 5.59. The molecule has 142 valence electrons. The molecule has 0 radical (unpaired) electrons. The van der Waals surface area contributed by atoms with Crippen LogP contribution in [0.1, 0.15) is 19.4 Å². The van der Waals surface area contributed by atoms with Gasteiger partial charge in [-0.15, -0.1) is 0 Å². The van der Waals surface area contributed by atoms with Crippen LogP contribution in [0.5, 0.6) is 0 Å². The smallest absolute Gasteiger partial charge is 0.194 e. The summed E-state index contributed by atoms with van der Waals surface area (Å²) in [4.78, 5) is 5.04. The maximum atomic E-state index is 6.19. The highest BCUT2D eigenvalue weighted by Crippen LogP contribution is 2.49. The standard InChI is InChI=1S/C25H26NOP/c1-25(2,24-26-21(19-27-24)18-20-12-6-3-7-13-20)28(22-14-8-4-9-15-22)23-16-10-5-11-17-23/h3-17,21H,18-19H2,1-2H3/t21-/m0/s1. The first kappa shape index (κ1) is 18.9. The van der Waals surface area contributed by atoms with Crippen LogP contribution in [0, 0.1) is 0 Å². The highest BCUT2D eigenvalue weighted by atomic mass is 31.1. The molecule has 2 nitrogen and oxygen atoms in total. The quantitative estimate of drug-likeness (QED) is 0.549. The van der Waals surface area contributed by atoms with Gasteiger partial charge < -0.3 is 4.74 Å². The SMILES string of the molecule is CC(C)(C1=N[C@@H](Cc2ccccc2)CO1)P(c1ccccc1)c1ccccc1. The molecule has 0 fully saturated rings. The monoisotopic (exact) mass is 387 g/mol. The van der Waals surface area contributed by atoms with Crippen LogP contribution in [0.25, 0.3) is 0 Å². The summed E-state index contributed by atoms with van der Waals surface area (Å²) in [5.41, 5.74) is 1.31. The van der Waals surface area contributed by atoms with Crippen molar-refractivity contribution in [1.82, 2.24) is 0 Å². The fraction of sp³-hybridized carbons (Fsp3) is 0.240. The minimum Gasteiger partial charge on any atom is -0.478 e. The highest BCUT2D eigenvalue weighted by Gasteiger charge is 2.40. The topological polar surface area (TPSA) is 21.6 Å². The summed E-state index contributed by atoms with van der Waals surface area (Å²) < 4.78 is 6.19. The molecule has 3 heteroatoms. The molecule has 3 aromatic carbocycles. The summed E-state index contributed by atoms with van der Waals surface area (Å²) in [6.07, 6.45) is 0.926. The van der Waals surface area contributed by atoms with Gasteiger partial charge in [0.2, 0.25) is 0 Å². The highest BCUT2D eigenvalue weighted by molar-refractivity contribution is 7.75. The molecule has 0 N–H and O–H groups in total. The summed E-state index contributed by atoms with van der Waals surface area (Å²) in [5, 5.41) is 2.53. The molecule has 0 bridgehead atoms. The summed E-state index contributed by atoms with van der Waals surface area (Å²) >= 11 is 0. The van der Waals surface area contributed by atoms with Crippen LogP contribution in [-0.4, -0.2) is 23.7 Å². The second-order valence-corrected chi connectivity index (χ2v) is 10.5. The Hall–Kier alpha value is -2.44. The third-order valence-corrected chi connectivity index (χ3v) is 8.08. The molecule has 3 aromatic rings. The van der Waals surface area contributed by atoms with Crippen molar-refractivity contribution in [3.63, 3.8) is 0 Å². The lowest BCUT2D eigenvalue weighted by Crippen LogP contribution is -2.37. The maximum absolute atomic E-state index is 6.19. The zero-order chi connectivity index (χ0) is 19.4. The third kappa shape index (κ3) is 4.03. The number of benzene rings is 3. The number of ether oxygens (including phenoxy) is 1. The van der Waals surface area contributed by atoms with Gasteiger partial charge in [-0.25, -0.2) is 4.99 Å². The Morgan fingerprint density at radius 3 is 1.86 bits per heavy atom. The van der Waals surface area contributed by atoms with Gasteiger partial charge in [-0.1, -0.05) is 91.0 Å². The number of hydrogen-bond acceptors (Lipinski definition) is 2. The molecule has 4 rings (SSSR count). The second-order valence-electron chi connectivity index (χ2n) is 7.65. The zero-order valence-corrected chi connectivity index (χ0v) is 17.3. The van der Waals surface area contributed by atoms with Gasteiger partial charge in [0.25, 0.3) is 0 Å². The van der Waals surface area contributed by atoms with Gasteiger partial charge in [-0.2, -0.15) is 0 Å². The molecule has 1 heterocycles. The number of rotatable bonds is 6. The van der Waals surface area contributed by atoms with E-state index in [0.717, 1.165) is 12.3 Å². The van der Waals surface area contributed by atoms with Crippen molar-refractivity contribution in [3.05, 3.63) is 96.6 Å². The van der Waals surface area contributed by atoms with Crippen molar-refractivity contribution in [2.24, 2.45) is 4.99 Å². The molecule has 1 aliphatic rings. The van der Waals surface area contributed by atoms with Crippen LogP contribution in [-0.2, 0) is 11.2 Å². The fourth-order valence-corrected chi connectivity index (χ4v) is 6.63. The van der Waals surface area contributed by atoms with Gasteiger partial charge in [0.05, 0.1) is 11.2 Å². The van der Waals surface area contributed by atoms with Gasteiger partial charge >= 0.3 is 0 Å². The van der Waals surface area contributed by atoms with Crippen molar-refractivity contribution in [3.8, 4) is 0 Å². The van der Waals surface area contributed by atoms with E-state index in [0.29, 0.717) is 6.61 Å². The molecule has 1 atom stereocenters. The molecule has 0 aliphatic carbocycles. The minimum absolute atomic E-state index is 0.177. The Morgan fingerprint density at radius 1 is 0.821 bits per heavy atom. The summed E-state index contributed by atoms with van der Waals surface area (Å²) in [7, 11) is -0.639. The van der Waals surface area contributed by atoms with E-state index in [1.165, 1.54) is 16.2 Å². The predicted octanol–water partition coefficient (Wildman–Crippen LogP) is 4.94. The predicted molar refractivity (Wildman–Crippen MR) is 120 cm³/mol. The normalized spacial score (nSPS) is 16.7. The first-order valence-electron chi connectivity index (χ1n) is 9.80. The Bertz CT molecular complexity index is 883. The molecule has 1 aliphatic heterocycles. The molecule has 0 saturated carbocycles. The third-order valence-electron chi connectivity index (χ3n) is 5.14. The van der Waals surface area contributed by atoms with Gasteiger partial charge in [0.1, 0.15) is 6.61 Å². The summed E-state index contributed by atoms with van der Waals surface area (Å²) in [6, 6.07) is 32.3. The van der Waals surface area contributed by atoms with Crippen LogP contribution < -0.4 is 10.6 Å². The minimum atomic E-state index is -0.639. The van der Waals surface area contributed by atoms with E-state index < -0.39 is 7.92 Å². The van der Waals surface area contributed by atoms with Gasteiger partial charge in [0.15, 0.2) is 5.90 Å². The van der Waals surface area contributed by atoms with E-state index >= 15 is 0 Å². The lowest BCUT2D eigenvalue weighted by molar-refractivity contribution is 0.304. The van der Waals surface area contributed by atoms with E-state index in [9.17, 15) is 0 Å². The lowest BCUT2D eigenvalue weighted by atomic mass is 10.1. The van der Waals surface area contributed by atoms with Crippen LogP contribution in [0.2, 0.25) is 0 Å². The van der Waals surface area contributed by atoms with Crippen molar-refractivity contribution < 1.29 is 4.74 Å². The van der Waals surface area contributed by atoms with Crippen LogP contribution >= 0.6 is 7.92 Å². The molecular weight excluding hydrogens is 361 g/mol. The largest absolute Gasteiger partial charge is 0.478 e. The first-order valence-corrected chi connectivity index (χ1v) is 11.1. The summed E-state index contributed by atoms with van der Waals surface area (Å²) in [6.45, 7) is 5.23.